The minimum Gasteiger partial charge on any atom is -0.498 e. The number of ether oxygens (including phenoxy) is 1. The van der Waals surface area contributed by atoms with E-state index in [0.29, 0.717) is 11.5 Å². The van der Waals surface area contributed by atoms with Gasteiger partial charge in [0.15, 0.2) is 0 Å². The second kappa shape index (κ2) is 3.14. The number of nitrogens with zero attached hydrogens (tertiary/aromatic N) is 2. The van der Waals surface area contributed by atoms with Gasteiger partial charge >= 0.3 is 5.71 Å². The summed E-state index contributed by atoms with van der Waals surface area (Å²) in [5.41, 5.74) is 8.71. The van der Waals surface area contributed by atoms with Crippen molar-refractivity contribution in [2.24, 2.45) is 0 Å². The molecule has 1 atom stereocenters. The first-order valence-corrected chi connectivity index (χ1v) is 3.12. The molecule has 0 amide bonds. The van der Waals surface area contributed by atoms with Crippen molar-refractivity contribution in [3.05, 3.63) is 29.5 Å². The van der Waals surface area contributed by atoms with E-state index < -0.39 is 6.10 Å². The number of hydrogen-bond donors (Lipinski definition) is 1. The molecule has 0 bridgehead atoms. The van der Waals surface area contributed by atoms with Crippen molar-refractivity contribution in [3.8, 4) is 0 Å². The molecule has 1 aliphatic rings. The van der Waals surface area contributed by atoms with E-state index in [4.69, 9.17) is 15.4 Å². The van der Waals surface area contributed by atoms with E-state index in [-0.39, 0.29) is 0 Å². The van der Waals surface area contributed by atoms with Gasteiger partial charge in [-0.25, -0.2) is 0 Å². The van der Waals surface area contributed by atoms with E-state index in [9.17, 15) is 0 Å². The van der Waals surface area contributed by atoms with Gasteiger partial charge in [0.2, 0.25) is 0 Å². The van der Waals surface area contributed by atoms with Crippen LogP contribution in [0.15, 0.2) is 24.0 Å². The zero-order valence-corrected chi connectivity index (χ0v) is 6.06. The molecule has 0 aliphatic heterocycles. The van der Waals surface area contributed by atoms with Crippen molar-refractivity contribution >= 4 is 5.71 Å². The molecule has 58 valence electrons. The second-order valence-corrected chi connectivity index (χ2v) is 2.08. The molecule has 0 radical (unpaired) electrons. The number of hydrogen-bond acceptors (Lipinski definition) is 2. The molecule has 0 aromatic carbocycles. The lowest BCUT2D eigenvalue weighted by Gasteiger charge is -2.10. The van der Waals surface area contributed by atoms with Gasteiger partial charge in [-0.3, -0.25) is 0 Å². The summed E-state index contributed by atoms with van der Waals surface area (Å²) in [6, 6.07) is 0. The van der Waals surface area contributed by atoms with Crippen molar-refractivity contribution in [1.82, 2.24) is 0 Å². The number of aliphatic hydroxyl groups excluding tert-OH is 1. The maximum atomic E-state index is 9.17. The van der Waals surface area contributed by atoms with Gasteiger partial charge in [-0.05, 0) is 6.08 Å². The van der Waals surface area contributed by atoms with E-state index in [1.807, 2.05) is 0 Å². The highest BCUT2D eigenvalue weighted by Gasteiger charge is 2.16. The van der Waals surface area contributed by atoms with E-state index in [2.05, 4.69) is 4.79 Å². The number of methoxy groups -OCH3 is 1. The Balaban J connectivity index is 2.92. The van der Waals surface area contributed by atoms with Gasteiger partial charge in [0.05, 0.1) is 13.2 Å². The molecule has 0 heterocycles. The zero-order chi connectivity index (χ0) is 8.27. The molecule has 4 nitrogen and oxygen atoms in total. The monoisotopic (exact) mass is 152 g/mol. The van der Waals surface area contributed by atoms with Crippen LogP contribution in [0, 0.1) is 0 Å². The van der Waals surface area contributed by atoms with Gasteiger partial charge in [-0.2, -0.15) is 4.79 Å². The first kappa shape index (κ1) is 7.72. The van der Waals surface area contributed by atoms with Crippen LogP contribution in [-0.4, -0.2) is 28.8 Å². The Morgan fingerprint density at radius 1 is 1.73 bits per heavy atom. The van der Waals surface area contributed by atoms with Crippen LogP contribution in [-0.2, 0) is 4.74 Å². The minimum absolute atomic E-state index is 0.368. The molecule has 0 aromatic rings. The van der Waals surface area contributed by atoms with Crippen LogP contribution in [0.3, 0.4) is 0 Å². The lowest BCUT2D eigenvalue weighted by atomic mass is 10.1. The Labute approximate surface area is 64.0 Å². The first-order valence-electron chi connectivity index (χ1n) is 3.12. The van der Waals surface area contributed by atoms with E-state index in [0.717, 1.165) is 0 Å². The zero-order valence-electron chi connectivity index (χ0n) is 6.06. The van der Waals surface area contributed by atoms with Crippen molar-refractivity contribution < 1.29 is 14.6 Å². The third-order valence-electron chi connectivity index (χ3n) is 1.38. The van der Waals surface area contributed by atoms with E-state index in [1.165, 1.54) is 25.3 Å². The molecule has 0 fully saturated rings. The molecule has 4 heteroatoms. The highest BCUT2D eigenvalue weighted by molar-refractivity contribution is 6.01. The molecular formula is C7H8N2O2. The molecule has 1 rings (SSSR count). The summed E-state index contributed by atoms with van der Waals surface area (Å²) < 4.78 is 4.80. The second-order valence-electron chi connectivity index (χ2n) is 2.08. The fourth-order valence-electron chi connectivity index (χ4n) is 0.806. The molecule has 11 heavy (non-hydrogen) atoms. The predicted molar refractivity (Wildman–Crippen MR) is 38.9 cm³/mol. The fourth-order valence-corrected chi connectivity index (χ4v) is 0.806. The number of allylic oxidation sites excluding steroid dienone is 2. The van der Waals surface area contributed by atoms with Crippen LogP contribution < -0.4 is 0 Å². The van der Waals surface area contributed by atoms with Crippen LogP contribution in [0.5, 0.6) is 0 Å². The van der Waals surface area contributed by atoms with Gasteiger partial charge in [0.1, 0.15) is 11.9 Å². The molecule has 0 saturated heterocycles. The summed E-state index contributed by atoms with van der Waals surface area (Å²) in [5, 5.41) is 9.17. The lowest BCUT2D eigenvalue weighted by Crippen LogP contribution is -2.14. The van der Waals surface area contributed by atoms with Crippen molar-refractivity contribution in [2.45, 2.75) is 6.10 Å². The molecule has 0 saturated carbocycles. The smallest absolute Gasteiger partial charge is 0.318 e. The molecule has 0 spiro atoms. The summed E-state index contributed by atoms with van der Waals surface area (Å²) in [6.07, 6.45) is 3.72. The average Bonchev–Trinajstić information content (AvgIpc) is 2.05. The van der Waals surface area contributed by atoms with E-state index in [1.54, 1.807) is 0 Å². The molecule has 1 unspecified atom stereocenters. The fraction of sp³-hybridized carbons (Fsp3) is 0.286. The predicted octanol–water partition coefficient (Wildman–Crippen LogP) is 0.118. The summed E-state index contributed by atoms with van der Waals surface area (Å²) in [6.45, 7) is 0. The highest BCUT2D eigenvalue weighted by Crippen LogP contribution is 2.09. The van der Waals surface area contributed by atoms with Gasteiger partial charge in [-0.15, -0.1) is 0 Å². The maximum Gasteiger partial charge on any atom is 0.318 e. The van der Waals surface area contributed by atoms with Gasteiger partial charge in [-0.1, -0.05) is 0 Å². The highest BCUT2D eigenvalue weighted by atomic mass is 16.5. The third kappa shape index (κ3) is 1.55. The average molecular weight is 152 g/mol. The topological polar surface area (TPSA) is 65.9 Å². The van der Waals surface area contributed by atoms with Crippen molar-refractivity contribution in [1.29, 1.82) is 0 Å². The van der Waals surface area contributed by atoms with E-state index >= 15 is 0 Å². The summed E-state index contributed by atoms with van der Waals surface area (Å²) >= 11 is 0. The first-order chi connectivity index (χ1) is 5.27. The van der Waals surface area contributed by atoms with Crippen LogP contribution in [0.25, 0.3) is 5.53 Å². The van der Waals surface area contributed by atoms with Crippen LogP contribution in [0.1, 0.15) is 0 Å². The Hall–Kier alpha value is -1.38. The Bertz CT molecular complexity index is 262. The number of rotatable bonds is 1. The van der Waals surface area contributed by atoms with Gasteiger partial charge < -0.3 is 15.4 Å². The number of aliphatic hydroxyl groups is 1. The van der Waals surface area contributed by atoms with Crippen LogP contribution in [0.4, 0.5) is 0 Å². The quantitative estimate of drug-likeness (QED) is 0.428. The Morgan fingerprint density at radius 3 is 3.00 bits per heavy atom. The lowest BCUT2D eigenvalue weighted by molar-refractivity contribution is -0.00249. The van der Waals surface area contributed by atoms with Crippen molar-refractivity contribution in [3.63, 3.8) is 0 Å². The Kier molecular flexibility index (Phi) is 2.21. The van der Waals surface area contributed by atoms with Crippen LogP contribution in [0.2, 0.25) is 0 Å². The van der Waals surface area contributed by atoms with Gasteiger partial charge in [0, 0.05) is 6.08 Å². The molecule has 0 aromatic heterocycles. The van der Waals surface area contributed by atoms with Crippen molar-refractivity contribution in [2.75, 3.05) is 7.11 Å². The largest absolute Gasteiger partial charge is 0.498 e. The molecular weight excluding hydrogens is 144 g/mol. The normalized spacial score (nSPS) is 22.5. The summed E-state index contributed by atoms with van der Waals surface area (Å²) in [7, 11) is 1.45. The standard InChI is InChI=1S/C7H8N2O2/c1-11-7-4-5(9-8)2-3-6(7)10/h2-4,6,10H,1H3. The molecule has 1 N–H and O–H groups in total. The van der Waals surface area contributed by atoms with Crippen LogP contribution >= 0.6 is 0 Å². The van der Waals surface area contributed by atoms with Gasteiger partial charge in [0.25, 0.3) is 0 Å². The summed E-state index contributed by atoms with van der Waals surface area (Å²) in [5.74, 6) is 0.375. The minimum atomic E-state index is -0.731. The maximum absolute atomic E-state index is 9.17. The third-order valence-corrected chi connectivity index (χ3v) is 1.38. The molecule has 1 aliphatic carbocycles. The SMILES string of the molecule is COC1=CC(=[N+]=[N-])C=CC1O. The Morgan fingerprint density at radius 2 is 2.45 bits per heavy atom. The summed E-state index contributed by atoms with van der Waals surface area (Å²) in [4.78, 5) is 2.94.